The fourth-order valence-electron chi connectivity index (χ4n) is 0.559. The molecule has 0 rings (SSSR count). The van der Waals surface area contributed by atoms with Crippen molar-refractivity contribution >= 4 is 22.8 Å². The summed E-state index contributed by atoms with van der Waals surface area (Å²) in [6.45, 7) is 2.56. The van der Waals surface area contributed by atoms with E-state index in [4.69, 9.17) is 22.3 Å². The summed E-state index contributed by atoms with van der Waals surface area (Å²) in [4.78, 5) is 20.4. The van der Waals surface area contributed by atoms with Crippen LogP contribution in [0.4, 0.5) is 0 Å². The van der Waals surface area contributed by atoms with Gasteiger partial charge >= 0.3 is 16.4 Å². The van der Waals surface area contributed by atoms with Gasteiger partial charge in [-0.15, -0.1) is 0 Å². The SMILES string of the molecule is CCCC(=O)OCCNC=O.O=S(=O)(O)O. The van der Waals surface area contributed by atoms with Gasteiger partial charge in [0, 0.05) is 6.42 Å². The molecule has 0 spiro atoms. The molecule has 0 fully saturated rings. The van der Waals surface area contributed by atoms with Gasteiger partial charge in [-0.25, -0.2) is 0 Å². The number of esters is 1. The Morgan fingerprint density at radius 2 is 1.94 bits per heavy atom. The van der Waals surface area contributed by atoms with E-state index in [0.29, 0.717) is 19.4 Å². The van der Waals surface area contributed by atoms with Crippen molar-refractivity contribution < 1.29 is 31.8 Å². The number of carbonyl (C=O) groups excluding carboxylic acids is 2. The highest BCUT2D eigenvalue weighted by Gasteiger charge is 1.98. The van der Waals surface area contributed by atoms with Crippen LogP contribution in [-0.2, 0) is 24.7 Å². The maximum Gasteiger partial charge on any atom is 0.394 e. The van der Waals surface area contributed by atoms with E-state index in [0.717, 1.165) is 6.42 Å². The number of hydrogen-bond donors (Lipinski definition) is 3. The van der Waals surface area contributed by atoms with E-state index >= 15 is 0 Å². The molecule has 8 nitrogen and oxygen atoms in total. The molecule has 0 atom stereocenters. The Bertz CT molecular complexity index is 279. The van der Waals surface area contributed by atoms with E-state index in [1.807, 2.05) is 6.92 Å². The molecule has 0 aromatic heterocycles. The molecule has 0 unspecified atom stereocenters. The van der Waals surface area contributed by atoms with Crippen molar-refractivity contribution in [3.8, 4) is 0 Å². The molecule has 0 aliphatic rings. The second-order valence-corrected chi connectivity index (χ2v) is 3.39. The van der Waals surface area contributed by atoms with Crippen molar-refractivity contribution in [3.63, 3.8) is 0 Å². The molecule has 9 heteroatoms. The van der Waals surface area contributed by atoms with E-state index < -0.39 is 10.4 Å². The van der Waals surface area contributed by atoms with Crippen molar-refractivity contribution in [2.75, 3.05) is 13.2 Å². The van der Waals surface area contributed by atoms with Gasteiger partial charge in [0.1, 0.15) is 6.61 Å². The molecule has 3 N–H and O–H groups in total. The lowest BCUT2D eigenvalue weighted by Gasteiger charge is -2.01. The second-order valence-electron chi connectivity index (χ2n) is 2.49. The Hall–Kier alpha value is -1.19. The molecular formula is C7H15NO7S. The first-order valence-corrected chi connectivity index (χ1v) is 5.73. The standard InChI is InChI=1S/C7H13NO3.H2O4S/c1-2-3-7(10)11-5-4-8-6-9;1-5(2,3)4/h6H,2-5H2,1H3,(H,8,9);(H2,1,2,3,4). The Kier molecular flexibility index (Phi) is 11.1. The normalized spacial score (nSPS) is 9.69. The van der Waals surface area contributed by atoms with Gasteiger partial charge in [0.2, 0.25) is 6.41 Å². The van der Waals surface area contributed by atoms with Gasteiger partial charge in [-0.2, -0.15) is 8.42 Å². The molecule has 0 radical (unpaired) electrons. The molecule has 0 saturated carbocycles. The number of amides is 1. The molecule has 0 aliphatic heterocycles. The highest BCUT2D eigenvalue weighted by atomic mass is 32.3. The van der Waals surface area contributed by atoms with Crippen molar-refractivity contribution in [3.05, 3.63) is 0 Å². The Labute approximate surface area is 93.6 Å². The zero-order valence-electron chi connectivity index (χ0n) is 8.75. The molecule has 0 bridgehead atoms. The van der Waals surface area contributed by atoms with E-state index in [1.54, 1.807) is 0 Å². The van der Waals surface area contributed by atoms with Gasteiger partial charge < -0.3 is 10.1 Å². The monoisotopic (exact) mass is 257 g/mol. The van der Waals surface area contributed by atoms with E-state index in [1.165, 1.54) is 0 Å². The van der Waals surface area contributed by atoms with Crippen LogP contribution >= 0.6 is 0 Å². The molecule has 96 valence electrons. The summed E-state index contributed by atoms with van der Waals surface area (Å²) in [5.41, 5.74) is 0. The van der Waals surface area contributed by atoms with Crippen molar-refractivity contribution in [1.82, 2.24) is 5.32 Å². The Morgan fingerprint density at radius 3 is 2.31 bits per heavy atom. The van der Waals surface area contributed by atoms with Crippen LogP contribution in [0, 0.1) is 0 Å². The minimum atomic E-state index is -4.67. The first-order valence-electron chi connectivity index (χ1n) is 4.33. The number of ether oxygens (including phenoxy) is 1. The highest BCUT2D eigenvalue weighted by molar-refractivity contribution is 7.79. The number of hydrogen-bond acceptors (Lipinski definition) is 5. The van der Waals surface area contributed by atoms with Gasteiger partial charge in [-0.3, -0.25) is 18.7 Å². The fraction of sp³-hybridized carbons (Fsp3) is 0.714. The maximum atomic E-state index is 10.7. The van der Waals surface area contributed by atoms with Crippen LogP contribution in [0.15, 0.2) is 0 Å². The average Bonchev–Trinajstić information content (AvgIpc) is 2.10. The third-order valence-corrected chi connectivity index (χ3v) is 1.05. The third-order valence-electron chi connectivity index (χ3n) is 1.05. The molecular weight excluding hydrogens is 242 g/mol. The topological polar surface area (TPSA) is 130 Å². The van der Waals surface area contributed by atoms with Crippen LogP contribution in [0.1, 0.15) is 19.8 Å². The van der Waals surface area contributed by atoms with Gasteiger partial charge in [0.05, 0.1) is 6.54 Å². The Balaban J connectivity index is 0. The van der Waals surface area contributed by atoms with Crippen LogP contribution in [-0.4, -0.2) is 43.1 Å². The van der Waals surface area contributed by atoms with Gasteiger partial charge in [-0.1, -0.05) is 6.92 Å². The molecule has 0 saturated heterocycles. The van der Waals surface area contributed by atoms with Crippen molar-refractivity contribution in [2.45, 2.75) is 19.8 Å². The van der Waals surface area contributed by atoms with Crippen LogP contribution in [0.5, 0.6) is 0 Å². The summed E-state index contributed by atoms with van der Waals surface area (Å²) in [7, 11) is -4.67. The average molecular weight is 257 g/mol. The van der Waals surface area contributed by atoms with Crippen LogP contribution in [0.3, 0.4) is 0 Å². The first-order chi connectivity index (χ1) is 7.31. The summed E-state index contributed by atoms with van der Waals surface area (Å²) in [5, 5.41) is 2.39. The van der Waals surface area contributed by atoms with Crippen molar-refractivity contribution in [2.24, 2.45) is 0 Å². The molecule has 0 aliphatic carbocycles. The minimum Gasteiger partial charge on any atom is -0.464 e. The van der Waals surface area contributed by atoms with Crippen LogP contribution < -0.4 is 5.32 Å². The molecule has 16 heavy (non-hydrogen) atoms. The molecule has 0 heterocycles. The summed E-state index contributed by atoms with van der Waals surface area (Å²) in [6.07, 6.45) is 1.81. The summed E-state index contributed by atoms with van der Waals surface area (Å²) in [6, 6.07) is 0. The van der Waals surface area contributed by atoms with Crippen LogP contribution in [0.25, 0.3) is 0 Å². The minimum absolute atomic E-state index is 0.208. The lowest BCUT2D eigenvalue weighted by molar-refractivity contribution is -0.143. The lowest BCUT2D eigenvalue weighted by Crippen LogP contribution is -2.19. The number of rotatable bonds is 6. The zero-order valence-corrected chi connectivity index (χ0v) is 9.57. The highest BCUT2D eigenvalue weighted by Crippen LogP contribution is 1.89. The quantitative estimate of drug-likeness (QED) is 0.251. The predicted molar refractivity (Wildman–Crippen MR) is 54.1 cm³/mol. The molecule has 0 aromatic carbocycles. The molecule has 1 amide bonds. The Morgan fingerprint density at radius 1 is 1.44 bits per heavy atom. The van der Waals surface area contributed by atoms with E-state index in [9.17, 15) is 9.59 Å². The number of nitrogens with one attached hydrogen (secondary N) is 1. The first kappa shape index (κ1) is 17.2. The summed E-state index contributed by atoms with van der Waals surface area (Å²) >= 11 is 0. The predicted octanol–water partition coefficient (Wildman–Crippen LogP) is -0.577. The smallest absolute Gasteiger partial charge is 0.394 e. The van der Waals surface area contributed by atoms with Gasteiger partial charge in [0.15, 0.2) is 0 Å². The van der Waals surface area contributed by atoms with Gasteiger partial charge in [0.25, 0.3) is 0 Å². The fourth-order valence-corrected chi connectivity index (χ4v) is 0.559. The largest absolute Gasteiger partial charge is 0.464 e. The number of carbonyl (C=O) groups is 2. The van der Waals surface area contributed by atoms with E-state index in [-0.39, 0.29) is 12.6 Å². The van der Waals surface area contributed by atoms with Crippen LogP contribution in [0.2, 0.25) is 0 Å². The van der Waals surface area contributed by atoms with Gasteiger partial charge in [-0.05, 0) is 6.42 Å². The maximum absolute atomic E-state index is 10.7. The summed E-state index contributed by atoms with van der Waals surface area (Å²) in [5.74, 6) is -0.208. The third kappa shape index (κ3) is 29.3. The lowest BCUT2D eigenvalue weighted by atomic mass is 10.3. The van der Waals surface area contributed by atoms with Crippen molar-refractivity contribution in [1.29, 1.82) is 0 Å². The summed E-state index contributed by atoms with van der Waals surface area (Å²) < 4.78 is 36.3. The van der Waals surface area contributed by atoms with E-state index in [2.05, 4.69) is 5.32 Å². The zero-order chi connectivity index (χ0) is 13.0. The second kappa shape index (κ2) is 10.3. The molecule has 0 aromatic rings.